The van der Waals surface area contributed by atoms with Crippen LogP contribution in [0.3, 0.4) is 0 Å². The van der Waals surface area contributed by atoms with Crippen molar-refractivity contribution >= 4 is 5.65 Å². The number of fused-ring (bicyclic) bond motifs is 1. The number of hydrogen-bond donors (Lipinski definition) is 2. The average molecular weight is 256 g/mol. The van der Waals surface area contributed by atoms with E-state index in [1.54, 1.807) is 6.20 Å². The molecule has 3 aromatic heterocycles. The van der Waals surface area contributed by atoms with Gasteiger partial charge < -0.3 is 10.3 Å². The highest BCUT2D eigenvalue weighted by Crippen LogP contribution is 2.04. The maximum atomic E-state index is 4.37. The predicted octanol–water partition coefficient (Wildman–Crippen LogP) is 1.09. The summed E-state index contributed by atoms with van der Waals surface area (Å²) in [6.07, 6.45) is 8.40. The Kier molecular flexibility index (Phi) is 3.24. The van der Waals surface area contributed by atoms with Crippen LogP contribution in [0.1, 0.15) is 17.1 Å². The van der Waals surface area contributed by atoms with E-state index in [2.05, 4.69) is 25.4 Å². The first-order valence-corrected chi connectivity index (χ1v) is 6.31. The van der Waals surface area contributed by atoms with Gasteiger partial charge in [-0.05, 0) is 6.92 Å². The van der Waals surface area contributed by atoms with Crippen molar-refractivity contribution in [1.29, 1.82) is 0 Å². The number of hydrogen-bond acceptors (Lipinski definition) is 4. The number of aromatic nitrogens is 5. The van der Waals surface area contributed by atoms with Crippen molar-refractivity contribution in [3.8, 4) is 0 Å². The van der Waals surface area contributed by atoms with Gasteiger partial charge in [-0.2, -0.15) is 5.10 Å². The molecule has 0 saturated carbocycles. The van der Waals surface area contributed by atoms with E-state index in [0.29, 0.717) is 0 Å². The fourth-order valence-corrected chi connectivity index (χ4v) is 2.00. The molecule has 3 heterocycles. The first kappa shape index (κ1) is 11.9. The van der Waals surface area contributed by atoms with Crippen molar-refractivity contribution in [3.05, 3.63) is 47.9 Å². The van der Waals surface area contributed by atoms with Crippen LogP contribution >= 0.6 is 0 Å². The van der Waals surface area contributed by atoms with E-state index in [1.165, 1.54) is 0 Å². The second-order valence-electron chi connectivity index (χ2n) is 4.51. The Balaban J connectivity index is 1.56. The molecule has 0 aromatic carbocycles. The van der Waals surface area contributed by atoms with Gasteiger partial charge in [-0.1, -0.05) is 0 Å². The first-order valence-electron chi connectivity index (χ1n) is 6.31. The number of H-pyrrole nitrogens is 1. The molecule has 0 aliphatic carbocycles. The second-order valence-corrected chi connectivity index (χ2v) is 4.51. The fourth-order valence-electron chi connectivity index (χ4n) is 2.00. The standard InChI is InChI=1S/C13H16N6/c1-10-6-13-17-8-11(9-19(13)18-10)7-14-3-2-12-15-4-5-16-12/h4-6,8-9,14H,2-3,7H2,1H3,(H,15,16). The van der Waals surface area contributed by atoms with E-state index in [-0.39, 0.29) is 0 Å². The molecule has 0 bridgehead atoms. The van der Waals surface area contributed by atoms with Crippen LogP contribution in [0.5, 0.6) is 0 Å². The van der Waals surface area contributed by atoms with Gasteiger partial charge in [0.25, 0.3) is 0 Å². The second kappa shape index (κ2) is 5.19. The molecule has 0 fully saturated rings. The number of nitrogens with one attached hydrogen (secondary N) is 2. The van der Waals surface area contributed by atoms with Crippen LogP contribution < -0.4 is 5.32 Å². The Morgan fingerprint density at radius 3 is 3.16 bits per heavy atom. The lowest BCUT2D eigenvalue weighted by atomic mass is 10.3. The van der Waals surface area contributed by atoms with Crippen LogP contribution in [0.25, 0.3) is 5.65 Å². The van der Waals surface area contributed by atoms with E-state index in [9.17, 15) is 0 Å². The van der Waals surface area contributed by atoms with Crippen LogP contribution in [-0.4, -0.2) is 31.1 Å². The summed E-state index contributed by atoms with van der Waals surface area (Å²) < 4.78 is 1.82. The SMILES string of the molecule is Cc1cc2ncc(CNCCc3ncc[nH]3)cn2n1. The van der Waals surface area contributed by atoms with Gasteiger partial charge in [0.2, 0.25) is 0 Å². The van der Waals surface area contributed by atoms with Gasteiger partial charge in [0.05, 0.1) is 5.69 Å². The maximum Gasteiger partial charge on any atom is 0.155 e. The summed E-state index contributed by atoms with van der Waals surface area (Å²) in [5.41, 5.74) is 2.99. The number of nitrogens with zero attached hydrogens (tertiary/aromatic N) is 4. The highest BCUT2D eigenvalue weighted by molar-refractivity contribution is 5.38. The zero-order chi connectivity index (χ0) is 13.1. The molecule has 0 atom stereocenters. The quantitative estimate of drug-likeness (QED) is 0.670. The Labute approximate surface area is 110 Å². The minimum Gasteiger partial charge on any atom is -0.349 e. The van der Waals surface area contributed by atoms with Crippen LogP contribution in [0.4, 0.5) is 0 Å². The van der Waals surface area contributed by atoms with E-state index >= 15 is 0 Å². The van der Waals surface area contributed by atoms with Crippen molar-refractivity contribution in [2.24, 2.45) is 0 Å². The number of imidazole rings is 1. The average Bonchev–Trinajstić information content (AvgIpc) is 3.02. The third-order valence-corrected chi connectivity index (χ3v) is 2.91. The third kappa shape index (κ3) is 2.79. The van der Waals surface area contributed by atoms with Gasteiger partial charge in [-0.25, -0.2) is 14.5 Å². The highest BCUT2D eigenvalue weighted by Gasteiger charge is 2.01. The lowest BCUT2D eigenvalue weighted by Gasteiger charge is -2.04. The van der Waals surface area contributed by atoms with Crippen LogP contribution in [0, 0.1) is 6.92 Å². The van der Waals surface area contributed by atoms with Crippen molar-refractivity contribution in [3.63, 3.8) is 0 Å². The van der Waals surface area contributed by atoms with E-state index in [4.69, 9.17) is 0 Å². The summed E-state index contributed by atoms with van der Waals surface area (Å²) in [7, 11) is 0. The first-order chi connectivity index (χ1) is 9.31. The lowest BCUT2D eigenvalue weighted by Crippen LogP contribution is -2.17. The monoisotopic (exact) mass is 256 g/mol. The summed E-state index contributed by atoms with van der Waals surface area (Å²) in [6, 6.07) is 1.97. The molecule has 19 heavy (non-hydrogen) atoms. The largest absolute Gasteiger partial charge is 0.349 e. The van der Waals surface area contributed by atoms with Gasteiger partial charge in [0.15, 0.2) is 5.65 Å². The van der Waals surface area contributed by atoms with Gasteiger partial charge in [-0.3, -0.25) is 0 Å². The van der Waals surface area contributed by atoms with Gasteiger partial charge >= 0.3 is 0 Å². The Morgan fingerprint density at radius 1 is 1.37 bits per heavy atom. The topological polar surface area (TPSA) is 70.9 Å². The predicted molar refractivity (Wildman–Crippen MR) is 71.7 cm³/mol. The van der Waals surface area contributed by atoms with E-state index in [1.807, 2.05) is 36.1 Å². The summed E-state index contributed by atoms with van der Waals surface area (Å²) >= 11 is 0. The minimum atomic E-state index is 0.780. The normalized spacial score (nSPS) is 11.2. The number of aromatic amines is 1. The molecular weight excluding hydrogens is 240 g/mol. The van der Waals surface area contributed by atoms with Crippen molar-refractivity contribution < 1.29 is 0 Å². The molecular formula is C13H16N6. The number of rotatable bonds is 5. The van der Waals surface area contributed by atoms with Crippen molar-refractivity contribution in [2.75, 3.05) is 6.54 Å². The Bertz CT molecular complexity index is 655. The third-order valence-electron chi connectivity index (χ3n) is 2.91. The summed E-state index contributed by atoms with van der Waals surface area (Å²) in [6.45, 7) is 3.63. The molecule has 3 rings (SSSR count). The summed E-state index contributed by atoms with van der Waals surface area (Å²) in [5, 5.41) is 7.72. The van der Waals surface area contributed by atoms with Crippen LogP contribution in [0.2, 0.25) is 0 Å². The Morgan fingerprint density at radius 2 is 2.32 bits per heavy atom. The summed E-state index contributed by atoms with van der Waals surface area (Å²) in [4.78, 5) is 11.6. The molecule has 0 radical (unpaired) electrons. The maximum absolute atomic E-state index is 4.37. The smallest absolute Gasteiger partial charge is 0.155 e. The van der Waals surface area contributed by atoms with Crippen LogP contribution in [0.15, 0.2) is 30.9 Å². The van der Waals surface area contributed by atoms with Crippen molar-refractivity contribution in [2.45, 2.75) is 19.9 Å². The van der Waals surface area contributed by atoms with Gasteiger partial charge in [0.1, 0.15) is 5.82 Å². The van der Waals surface area contributed by atoms with E-state index < -0.39 is 0 Å². The van der Waals surface area contributed by atoms with Gasteiger partial charge in [-0.15, -0.1) is 0 Å². The molecule has 0 saturated heterocycles. The highest BCUT2D eigenvalue weighted by atomic mass is 15.2. The minimum absolute atomic E-state index is 0.780. The molecule has 0 amide bonds. The molecule has 98 valence electrons. The number of aryl methyl sites for hydroxylation is 1. The lowest BCUT2D eigenvalue weighted by molar-refractivity contribution is 0.668. The molecule has 0 aliphatic heterocycles. The van der Waals surface area contributed by atoms with Crippen LogP contribution in [-0.2, 0) is 13.0 Å². The molecule has 3 aromatic rings. The van der Waals surface area contributed by atoms with Crippen molar-refractivity contribution in [1.82, 2.24) is 29.9 Å². The molecule has 6 nitrogen and oxygen atoms in total. The Hall–Kier alpha value is -2.21. The summed E-state index contributed by atoms with van der Waals surface area (Å²) in [5.74, 6) is 1.00. The molecule has 0 unspecified atom stereocenters. The fraction of sp³-hybridized carbons (Fsp3) is 0.308. The zero-order valence-corrected chi connectivity index (χ0v) is 10.8. The molecule has 0 spiro atoms. The van der Waals surface area contributed by atoms with E-state index in [0.717, 1.165) is 42.2 Å². The zero-order valence-electron chi connectivity index (χ0n) is 10.8. The molecule has 6 heteroatoms. The van der Waals surface area contributed by atoms with Gasteiger partial charge in [0, 0.05) is 55.9 Å². The molecule has 0 aliphatic rings. The molecule has 2 N–H and O–H groups in total.